The lowest BCUT2D eigenvalue weighted by atomic mass is 9.95. The largest absolute Gasteiger partial charge is 0.475 e. The van der Waals surface area contributed by atoms with Gasteiger partial charge in [-0.2, -0.15) is 15.1 Å². The van der Waals surface area contributed by atoms with Gasteiger partial charge in [-0.3, -0.25) is 9.58 Å². The number of anilines is 2. The molecule has 14 heteroatoms. The highest BCUT2D eigenvalue weighted by Gasteiger charge is 2.49. The SMILES string of the molecule is C[C@H](c1cccnc1N)N1CCOc2nc(-c3c(F)ccc4cnn(C)c34)c(F)c3nc(OC[C@@]45CCCN4C[C@H](F)C5)nc1c23. The Kier molecular flexibility index (Phi) is 6.67. The van der Waals surface area contributed by atoms with E-state index in [4.69, 9.17) is 20.2 Å². The molecule has 1 aromatic carbocycles. The van der Waals surface area contributed by atoms with Gasteiger partial charge < -0.3 is 20.1 Å². The number of hydrogen-bond donors (Lipinski definition) is 1. The summed E-state index contributed by atoms with van der Waals surface area (Å²) in [6.07, 6.45) is 4.32. The van der Waals surface area contributed by atoms with Crippen molar-refractivity contribution in [2.24, 2.45) is 7.05 Å². The first-order valence-electron chi connectivity index (χ1n) is 15.4. The van der Waals surface area contributed by atoms with Gasteiger partial charge in [0, 0.05) is 37.2 Å². The van der Waals surface area contributed by atoms with Crippen LogP contribution in [0.5, 0.6) is 11.9 Å². The summed E-state index contributed by atoms with van der Waals surface area (Å²) in [5.41, 5.74) is 6.45. The summed E-state index contributed by atoms with van der Waals surface area (Å²) in [5.74, 6) is -0.778. The molecule has 2 fully saturated rings. The fourth-order valence-electron chi connectivity index (χ4n) is 7.44. The van der Waals surface area contributed by atoms with E-state index >= 15 is 8.78 Å². The predicted octanol–water partition coefficient (Wildman–Crippen LogP) is 4.75. The van der Waals surface area contributed by atoms with Gasteiger partial charge in [-0.25, -0.2) is 23.1 Å². The average molecular weight is 632 g/mol. The summed E-state index contributed by atoms with van der Waals surface area (Å²) in [4.78, 5) is 22.2. The minimum absolute atomic E-state index is 0.0579. The van der Waals surface area contributed by atoms with Crippen molar-refractivity contribution in [3.8, 4) is 23.1 Å². The molecule has 0 radical (unpaired) electrons. The van der Waals surface area contributed by atoms with Crippen LogP contribution >= 0.6 is 0 Å². The van der Waals surface area contributed by atoms with Crippen LogP contribution in [-0.4, -0.2) is 79.2 Å². The molecule has 0 saturated carbocycles. The molecule has 7 heterocycles. The molecule has 3 aliphatic heterocycles. The van der Waals surface area contributed by atoms with Crippen molar-refractivity contribution in [1.82, 2.24) is 34.6 Å². The molecule has 46 heavy (non-hydrogen) atoms. The molecule has 8 rings (SSSR count). The molecule has 0 spiro atoms. The monoisotopic (exact) mass is 631 g/mol. The van der Waals surface area contributed by atoms with E-state index < -0.39 is 23.3 Å². The predicted molar refractivity (Wildman–Crippen MR) is 165 cm³/mol. The van der Waals surface area contributed by atoms with Crippen molar-refractivity contribution in [3.63, 3.8) is 0 Å². The maximum Gasteiger partial charge on any atom is 0.319 e. The van der Waals surface area contributed by atoms with Gasteiger partial charge in [-0.1, -0.05) is 6.07 Å². The molecular formula is C32H32F3N9O2. The van der Waals surface area contributed by atoms with Crippen LogP contribution in [0.3, 0.4) is 0 Å². The van der Waals surface area contributed by atoms with Crippen molar-refractivity contribution < 1.29 is 22.6 Å². The molecule has 2 N–H and O–H groups in total. The average Bonchev–Trinajstić information content (AvgIpc) is 3.66. The Morgan fingerprint density at radius 2 is 2.04 bits per heavy atom. The van der Waals surface area contributed by atoms with Crippen molar-refractivity contribution in [3.05, 3.63) is 53.9 Å². The van der Waals surface area contributed by atoms with Crippen LogP contribution in [0.25, 0.3) is 33.1 Å². The molecule has 0 bridgehead atoms. The van der Waals surface area contributed by atoms with Gasteiger partial charge in [0.1, 0.15) is 53.4 Å². The van der Waals surface area contributed by atoms with Gasteiger partial charge >= 0.3 is 6.01 Å². The molecule has 3 atom stereocenters. The third-order valence-electron chi connectivity index (χ3n) is 9.66. The number of halogens is 3. The Bertz CT molecular complexity index is 2010. The minimum Gasteiger partial charge on any atom is -0.475 e. The summed E-state index contributed by atoms with van der Waals surface area (Å²) >= 11 is 0. The second-order valence-corrected chi connectivity index (χ2v) is 12.3. The molecule has 0 amide bonds. The van der Waals surface area contributed by atoms with Gasteiger partial charge in [-0.05, 0) is 44.5 Å². The van der Waals surface area contributed by atoms with Crippen LogP contribution < -0.4 is 20.1 Å². The fourth-order valence-corrected chi connectivity index (χ4v) is 7.44. The summed E-state index contributed by atoms with van der Waals surface area (Å²) in [7, 11) is 1.65. The highest BCUT2D eigenvalue weighted by Crippen LogP contribution is 2.44. The number of pyridine rings is 2. The zero-order valence-electron chi connectivity index (χ0n) is 25.4. The molecule has 2 saturated heterocycles. The van der Waals surface area contributed by atoms with Crippen molar-refractivity contribution in [1.29, 1.82) is 0 Å². The van der Waals surface area contributed by atoms with E-state index in [1.54, 1.807) is 31.6 Å². The number of rotatable bonds is 6. The first-order valence-corrected chi connectivity index (χ1v) is 15.4. The molecule has 5 aromatic rings. The van der Waals surface area contributed by atoms with E-state index in [9.17, 15) is 4.39 Å². The van der Waals surface area contributed by atoms with Crippen LogP contribution in [0.15, 0.2) is 36.7 Å². The lowest BCUT2D eigenvalue weighted by molar-refractivity contribution is 0.107. The Morgan fingerprint density at radius 3 is 2.89 bits per heavy atom. The number of nitrogen functional groups attached to an aromatic ring is 1. The quantitative estimate of drug-likeness (QED) is 0.281. The summed E-state index contributed by atoms with van der Waals surface area (Å²) in [6.45, 7) is 3.75. The topological polar surface area (TPSA) is 120 Å². The lowest BCUT2D eigenvalue weighted by Gasteiger charge is -2.32. The molecule has 0 unspecified atom stereocenters. The van der Waals surface area contributed by atoms with Crippen LogP contribution in [0.1, 0.15) is 37.8 Å². The third kappa shape index (κ3) is 4.41. The first-order chi connectivity index (χ1) is 22.2. The molecular weight excluding hydrogens is 599 g/mol. The Balaban J connectivity index is 1.32. The second-order valence-electron chi connectivity index (χ2n) is 12.3. The van der Waals surface area contributed by atoms with Gasteiger partial charge in [0.25, 0.3) is 0 Å². The van der Waals surface area contributed by atoms with Crippen LogP contribution in [0.2, 0.25) is 0 Å². The van der Waals surface area contributed by atoms with Gasteiger partial charge in [0.15, 0.2) is 5.82 Å². The maximum atomic E-state index is 16.9. The number of benzene rings is 1. The highest BCUT2D eigenvalue weighted by molar-refractivity contribution is 6.00. The number of aryl methyl sites for hydroxylation is 1. The summed E-state index contributed by atoms with van der Waals surface area (Å²) in [5, 5.41) is 5.09. The minimum atomic E-state index is -0.942. The molecule has 0 aliphatic carbocycles. The first kappa shape index (κ1) is 28.7. The molecule has 11 nitrogen and oxygen atoms in total. The van der Waals surface area contributed by atoms with Crippen molar-refractivity contribution >= 4 is 33.4 Å². The number of nitrogens with zero attached hydrogens (tertiary/aromatic N) is 8. The summed E-state index contributed by atoms with van der Waals surface area (Å²) < 4.78 is 60.8. The number of alkyl halides is 1. The number of nitrogens with two attached hydrogens (primary N) is 1. The van der Waals surface area contributed by atoms with Gasteiger partial charge in [-0.15, -0.1) is 0 Å². The van der Waals surface area contributed by atoms with Crippen LogP contribution in [-0.2, 0) is 7.05 Å². The van der Waals surface area contributed by atoms with Crippen molar-refractivity contribution in [2.45, 2.75) is 43.9 Å². The molecule has 3 aliphatic rings. The Labute approximate surface area is 262 Å². The van der Waals surface area contributed by atoms with Crippen molar-refractivity contribution in [2.75, 3.05) is 43.5 Å². The van der Waals surface area contributed by atoms with E-state index in [2.05, 4.69) is 25.0 Å². The van der Waals surface area contributed by atoms with Crippen LogP contribution in [0, 0.1) is 11.6 Å². The van der Waals surface area contributed by atoms with E-state index in [1.807, 2.05) is 17.9 Å². The maximum absolute atomic E-state index is 16.9. The van der Waals surface area contributed by atoms with E-state index in [1.165, 1.54) is 10.7 Å². The number of ether oxygens (including phenoxy) is 2. The zero-order valence-corrected chi connectivity index (χ0v) is 25.4. The van der Waals surface area contributed by atoms with Crippen LogP contribution in [0.4, 0.5) is 24.8 Å². The smallest absolute Gasteiger partial charge is 0.319 e. The Hall–Kier alpha value is -4.72. The normalized spacial score (nSPS) is 21.8. The molecule has 238 valence electrons. The number of aromatic nitrogens is 6. The lowest BCUT2D eigenvalue weighted by Crippen LogP contribution is -2.43. The fraction of sp³-hybridized carbons (Fsp3) is 0.406. The zero-order chi connectivity index (χ0) is 31.7. The standard InChI is InChI=1S/C32H32F3N9O2/c1-17(20-5-3-9-37-28(20)36)44-11-12-45-30-23-26(24(35)25(39-30)22-21(34)7-6-18-14-38-42(2)27(18)22)40-31(41-29(23)44)46-16-32-8-4-10-43(32)15-19(33)13-32/h3,5-7,9,14,17,19H,4,8,10-13,15-16H2,1-2H3,(H2,36,37)/t17-,19-,32+/m1/s1. The van der Waals surface area contributed by atoms with Gasteiger partial charge in [0.05, 0.1) is 35.4 Å². The number of hydrogen-bond acceptors (Lipinski definition) is 10. The highest BCUT2D eigenvalue weighted by atomic mass is 19.1. The third-order valence-corrected chi connectivity index (χ3v) is 9.66. The van der Waals surface area contributed by atoms with E-state index in [0.29, 0.717) is 42.0 Å². The summed E-state index contributed by atoms with van der Waals surface area (Å²) in [6, 6.07) is 6.07. The van der Waals surface area contributed by atoms with E-state index in [0.717, 1.165) is 24.9 Å². The number of fused-ring (bicyclic) bond motifs is 2. The van der Waals surface area contributed by atoms with E-state index in [-0.39, 0.29) is 53.3 Å². The molecule has 4 aromatic heterocycles. The van der Waals surface area contributed by atoms with Gasteiger partial charge in [0.2, 0.25) is 5.88 Å². The Morgan fingerprint density at radius 1 is 1.17 bits per heavy atom. The second kappa shape index (κ2) is 10.7.